The second-order valence-electron chi connectivity index (χ2n) is 7.49. The van der Waals surface area contributed by atoms with Crippen LogP contribution in [0, 0.1) is 0 Å². The molecule has 0 unspecified atom stereocenters. The van der Waals surface area contributed by atoms with Gasteiger partial charge in [0.05, 0.1) is 6.04 Å². The van der Waals surface area contributed by atoms with Gasteiger partial charge in [-0.15, -0.1) is 11.3 Å². The molecular formula is C20H27N7S. The lowest BCUT2D eigenvalue weighted by atomic mass is 10.1. The Kier molecular flexibility index (Phi) is 5.43. The highest BCUT2D eigenvalue weighted by Crippen LogP contribution is 2.27. The lowest BCUT2D eigenvalue weighted by molar-refractivity contribution is 0.0951. The maximum absolute atomic E-state index is 5.89. The Hall–Kier alpha value is -2.29. The standard InChI is InChI=1S/C20H27N7S/c1-14(18-22-19(21)24-20(23-18)25(2)3)27-10-8-26(9-11-27)12-15-13-28-17-7-5-4-6-16(15)17/h4-7,13-14H,8-12H2,1-3H3,(H2,21,22,23,24)/t14-/m1/s1. The molecule has 1 aromatic carbocycles. The van der Waals surface area contributed by atoms with E-state index >= 15 is 0 Å². The molecule has 2 N–H and O–H groups in total. The molecule has 0 bridgehead atoms. The first-order chi connectivity index (χ1) is 13.5. The molecule has 1 saturated heterocycles. The first-order valence-electron chi connectivity index (χ1n) is 9.61. The monoisotopic (exact) mass is 397 g/mol. The summed E-state index contributed by atoms with van der Waals surface area (Å²) in [6.45, 7) is 7.22. The van der Waals surface area contributed by atoms with E-state index in [1.807, 2.05) is 30.3 Å². The van der Waals surface area contributed by atoms with Gasteiger partial charge in [-0.1, -0.05) is 18.2 Å². The van der Waals surface area contributed by atoms with Crippen LogP contribution in [-0.4, -0.2) is 65.0 Å². The van der Waals surface area contributed by atoms with Crippen molar-refractivity contribution >= 4 is 33.3 Å². The van der Waals surface area contributed by atoms with Crippen molar-refractivity contribution in [1.82, 2.24) is 24.8 Å². The maximum Gasteiger partial charge on any atom is 0.229 e. The highest BCUT2D eigenvalue weighted by Gasteiger charge is 2.25. The molecule has 148 valence electrons. The first kappa shape index (κ1) is 19.0. The van der Waals surface area contributed by atoms with Crippen molar-refractivity contribution in [3.05, 3.63) is 41.0 Å². The SMILES string of the molecule is C[C@H](c1nc(N)nc(N(C)C)n1)N1CCN(Cc2csc3ccccc23)CC1. The molecule has 1 atom stereocenters. The van der Waals surface area contributed by atoms with Gasteiger partial charge in [-0.3, -0.25) is 9.80 Å². The number of rotatable bonds is 5. The maximum atomic E-state index is 5.89. The van der Waals surface area contributed by atoms with Crippen molar-refractivity contribution in [2.45, 2.75) is 19.5 Å². The van der Waals surface area contributed by atoms with Crippen molar-refractivity contribution in [2.75, 3.05) is 50.9 Å². The van der Waals surface area contributed by atoms with Gasteiger partial charge >= 0.3 is 0 Å². The van der Waals surface area contributed by atoms with Crippen molar-refractivity contribution in [3.63, 3.8) is 0 Å². The zero-order chi connectivity index (χ0) is 19.7. The van der Waals surface area contributed by atoms with Gasteiger partial charge in [0.1, 0.15) is 0 Å². The second-order valence-corrected chi connectivity index (χ2v) is 8.40. The molecule has 7 nitrogen and oxygen atoms in total. The number of nitrogens with zero attached hydrogens (tertiary/aromatic N) is 6. The number of nitrogen functional groups attached to an aromatic ring is 1. The number of hydrogen-bond donors (Lipinski definition) is 1. The molecule has 8 heteroatoms. The number of nitrogens with two attached hydrogens (primary N) is 1. The van der Waals surface area contributed by atoms with Crippen molar-refractivity contribution in [3.8, 4) is 0 Å². The molecule has 0 spiro atoms. The predicted molar refractivity (Wildman–Crippen MR) is 116 cm³/mol. The van der Waals surface area contributed by atoms with Crippen LogP contribution in [0.1, 0.15) is 24.4 Å². The van der Waals surface area contributed by atoms with Crippen LogP contribution in [0.15, 0.2) is 29.6 Å². The van der Waals surface area contributed by atoms with Gasteiger partial charge in [0.15, 0.2) is 5.82 Å². The van der Waals surface area contributed by atoms with Crippen LogP contribution in [0.2, 0.25) is 0 Å². The predicted octanol–water partition coefficient (Wildman–Crippen LogP) is 2.61. The number of fused-ring (bicyclic) bond motifs is 1. The summed E-state index contributed by atoms with van der Waals surface area (Å²) in [7, 11) is 3.83. The summed E-state index contributed by atoms with van der Waals surface area (Å²) in [6.07, 6.45) is 0. The van der Waals surface area contributed by atoms with Crippen LogP contribution in [0.5, 0.6) is 0 Å². The van der Waals surface area contributed by atoms with Crippen molar-refractivity contribution in [2.24, 2.45) is 0 Å². The Morgan fingerprint density at radius 3 is 2.61 bits per heavy atom. The normalized spacial score (nSPS) is 17.1. The van der Waals surface area contributed by atoms with Crippen molar-refractivity contribution < 1.29 is 0 Å². The Bertz CT molecular complexity index is 947. The smallest absolute Gasteiger partial charge is 0.229 e. The van der Waals surface area contributed by atoms with Crippen LogP contribution < -0.4 is 10.6 Å². The third-order valence-electron chi connectivity index (χ3n) is 5.34. The fourth-order valence-electron chi connectivity index (χ4n) is 3.65. The summed E-state index contributed by atoms with van der Waals surface area (Å²) in [5, 5.41) is 3.69. The summed E-state index contributed by atoms with van der Waals surface area (Å²) in [5.41, 5.74) is 7.33. The molecule has 1 aliphatic heterocycles. The van der Waals surface area contributed by atoms with E-state index in [1.54, 1.807) is 0 Å². The van der Waals surface area contributed by atoms with Gasteiger partial charge in [-0.05, 0) is 29.3 Å². The molecular weight excluding hydrogens is 370 g/mol. The average molecular weight is 398 g/mol. The largest absolute Gasteiger partial charge is 0.368 e. The summed E-state index contributed by atoms with van der Waals surface area (Å²) < 4.78 is 1.37. The Morgan fingerprint density at radius 1 is 1.11 bits per heavy atom. The van der Waals surface area contributed by atoms with Gasteiger partial charge in [-0.25, -0.2) is 0 Å². The first-order valence-corrected chi connectivity index (χ1v) is 10.5. The number of piperazine rings is 1. The van der Waals surface area contributed by atoms with E-state index in [4.69, 9.17) is 5.73 Å². The van der Waals surface area contributed by atoms with Crippen LogP contribution in [0.25, 0.3) is 10.1 Å². The van der Waals surface area contributed by atoms with E-state index in [0.717, 1.165) is 38.5 Å². The van der Waals surface area contributed by atoms with Crippen molar-refractivity contribution in [1.29, 1.82) is 0 Å². The lowest BCUT2D eigenvalue weighted by Crippen LogP contribution is -2.47. The average Bonchev–Trinajstić information content (AvgIpc) is 3.10. The van der Waals surface area contributed by atoms with E-state index in [0.29, 0.717) is 5.95 Å². The van der Waals surface area contributed by atoms with Gasteiger partial charge in [0.25, 0.3) is 0 Å². The van der Waals surface area contributed by atoms with E-state index in [-0.39, 0.29) is 12.0 Å². The second kappa shape index (κ2) is 7.98. The van der Waals surface area contributed by atoms with Crippen LogP contribution in [0.4, 0.5) is 11.9 Å². The van der Waals surface area contributed by atoms with Crippen LogP contribution >= 0.6 is 11.3 Å². The number of anilines is 2. The molecule has 1 fully saturated rings. The summed E-state index contributed by atoms with van der Waals surface area (Å²) in [6, 6.07) is 8.78. The quantitative estimate of drug-likeness (QED) is 0.709. The molecule has 28 heavy (non-hydrogen) atoms. The molecule has 3 heterocycles. The molecule has 0 radical (unpaired) electrons. The molecule has 3 aromatic rings. The van der Waals surface area contributed by atoms with Gasteiger partial charge in [-0.2, -0.15) is 15.0 Å². The zero-order valence-corrected chi connectivity index (χ0v) is 17.5. The molecule has 4 rings (SSSR count). The fraction of sp³-hybridized carbons (Fsp3) is 0.450. The Balaban J connectivity index is 1.40. The third kappa shape index (κ3) is 3.94. The highest BCUT2D eigenvalue weighted by atomic mass is 32.1. The Morgan fingerprint density at radius 2 is 1.86 bits per heavy atom. The number of thiophene rings is 1. The highest BCUT2D eigenvalue weighted by molar-refractivity contribution is 7.17. The summed E-state index contributed by atoms with van der Waals surface area (Å²) in [4.78, 5) is 20.0. The number of aromatic nitrogens is 3. The topological polar surface area (TPSA) is 74.4 Å². The van der Waals surface area contributed by atoms with E-state index < -0.39 is 0 Å². The minimum atomic E-state index is 0.119. The minimum absolute atomic E-state index is 0.119. The van der Waals surface area contributed by atoms with Gasteiger partial charge < -0.3 is 10.6 Å². The van der Waals surface area contributed by atoms with Crippen LogP contribution in [0.3, 0.4) is 0 Å². The Labute approximate surface area is 169 Å². The molecule has 0 saturated carbocycles. The molecule has 1 aliphatic rings. The third-order valence-corrected chi connectivity index (χ3v) is 6.35. The molecule has 2 aromatic heterocycles. The summed E-state index contributed by atoms with van der Waals surface area (Å²) >= 11 is 1.83. The van der Waals surface area contributed by atoms with E-state index in [1.165, 1.54) is 15.6 Å². The minimum Gasteiger partial charge on any atom is -0.368 e. The van der Waals surface area contributed by atoms with Gasteiger partial charge in [0.2, 0.25) is 11.9 Å². The van der Waals surface area contributed by atoms with Gasteiger partial charge in [0, 0.05) is 51.5 Å². The van der Waals surface area contributed by atoms with E-state index in [2.05, 4.69) is 61.3 Å². The molecule has 0 amide bonds. The summed E-state index contributed by atoms with van der Waals surface area (Å²) in [5.74, 6) is 1.63. The zero-order valence-electron chi connectivity index (χ0n) is 16.7. The fourth-order valence-corrected chi connectivity index (χ4v) is 4.61. The number of benzene rings is 1. The lowest BCUT2D eigenvalue weighted by Gasteiger charge is -2.37. The van der Waals surface area contributed by atoms with Crippen LogP contribution in [-0.2, 0) is 6.54 Å². The number of hydrogen-bond acceptors (Lipinski definition) is 8. The molecule has 0 aliphatic carbocycles. The van der Waals surface area contributed by atoms with E-state index in [9.17, 15) is 0 Å².